The van der Waals surface area contributed by atoms with E-state index in [1.807, 2.05) is 6.07 Å². The van der Waals surface area contributed by atoms with E-state index in [1.165, 1.54) is 5.56 Å². The maximum Gasteiger partial charge on any atom is 3.00 e. The van der Waals surface area contributed by atoms with Crippen molar-refractivity contribution in [1.82, 2.24) is 50.8 Å². The van der Waals surface area contributed by atoms with Gasteiger partial charge in [0.15, 0.2) is 0 Å². The molecule has 2 aromatic rings. The van der Waals surface area contributed by atoms with Crippen LogP contribution in [0.3, 0.4) is 0 Å². The molecular weight excluding hydrogens is 1150 g/mol. The Hall–Kier alpha value is -4.75. The van der Waals surface area contributed by atoms with Gasteiger partial charge in [0.1, 0.15) is 0 Å². The number of benzene rings is 1. The second-order valence-electron chi connectivity index (χ2n) is 20.9. The molecule has 0 bridgehead atoms. The molecule has 0 spiro atoms. The second-order valence-corrected chi connectivity index (χ2v) is 20.9. The van der Waals surface area contributed by atoms with Crippen LogP contribution in [0.1, 0.15) is 106 Å². The quantitative estimate of drug-likeness (QED) is 0.0561. The molecule has 0 unspecified atom stereocenters. The molecule has 4 heterocycles. The van der Waals surface area contributed by atoms with E-state index in [2.05, 4.69) is 50.5 Å². The smallest absolute Gasteiger partial charge is 0.549 e. The zero-order valence-corrected chi connectivity index (χ0v) is 47.5. The van der Waals surface area contributed by atoms with Crippen LogP contribution < -0.4 is 36.6 Å². The van der Waals surface area contributed by atoms with E-state index >= 15 is 0 Å². The van der Waals surface area contributed by atoms with Gasteiger partial charge in [0.2, 0.25) is 23.6 Å². The zero-order chi connectivity index (χ0) is 55.5. The summed E-state index contributed by atoms with van der Waals surface area (Å²) in [7, 11) is 0. The Kier molecular flexibility index (Phi) is 30.2. The number of pyridine rings is 1. The number of aryl methyl sites for hydroxylation is 3. The van der Waals surface area contributed by atoms with Crippen LogP contribution in [0.4, 0.5) is 0 Å². The van der Waals surface area contributed by atoms with Crippen molar-refractivity contribution in [2.24, 2.45) is 11.8 Å². The molecule has 78 heavy (non-hydrogen) atoms. The standard InChI is InChI=1S/C55H84N10O12.Gd/c1-40(64-29-27-62(38-52(72)73)25-23-61(37-51(70)71)24-26-63(28-30-64)39-53(74)75)54(76)59-35-48(66)58-19-5-3-2-4-7-41-9-11-42(12-10-41)13-14-44-31-46(34-57-33-44)47(32-50(68)69)60-55(77)45-8-6-22-65(36-45)49(67)16-15-43-17-20-56-21-18-43;/h9-12,31,33-34,40,43,45,47,56H,2-8,13-30,32,35-39H2,1H3,(H,58,66)(H,59,76)(H,60,77)(H,68,69)(H,70,71)(H,72,73)(H,74,75);/q;+3/p-3/t40-,45+,47-;/m0./s1. The number of aliphatic carboxylic acids is 4. The first-order chi connectivity index (χ1) is 37.0. The predicted molar refractivity (Wildman–Crippen MR) is 279 cm³/mol. The van der Waals surface area contributed by atoms with Gasteiger partial charge in [-0.15, -0.1) is 0 Å². The molecule has 3 aliphatic heterocycles. The number of amides is 4. The molecule has 5 N–H and O–H groups in total. The van der Waals surface area contributed by atoms with Gasteiger partial charge in [0, 0.05) is 110 Å². The van der Waals surface area contributed by atoms with E-state index in [0.29, 0.717) is 50.4 Å². The average Bonchev–Trinajstić information content (AvgIpc) is 3.41. The predicted octanol–water partition coefficient (Wildman–Crippen LogP) is -2.29. The fraction of sp³-hybridized carbons (Fsp3) is 0.655. The van der Waals surface area contributed by atoms with E-state index in [0.717, 1.165) is 88.4 Å². The number of nitrogens with one attached hydrogen (secondary N) is 4. The van der Waals surface area contributed by atoms with Crippen molar-refractivity contribution >= 4 is 47.5 Å². The SMILES string of the molecule is C[C@@H](C(=O)NCC(=O)NCCCCCCc1ccc(CCc2cncc([C@H](CC(=O)O)NC(=O)[C@@H]3CCCN(C(=O)CCC4CCNCC4)C3)c2)cc1)N1CCN(CC(=O)[O-])CCN(CC(=O)[O-])CCN(CC(=O)[O-])CC1.[Gd+3]. The van der Waals surface area contributed by atoms with Crippen LogP contribution in [0, 0.1) is 51.8 Å². The van der Waals surface area contributed by atoms with Crippen molar-refractivity contribution in [2.45, 2.75) is 109 Å². The number of carboxylic acids is 4. The summed E-state index contributed by atoms with van der Waals surface area (Å²) >= 11 is 0. The number of carbonyl (C=O) groups excluding carboxylic acids is 7. The summed E-state index contributed by atoms with van der Waals surface area (Å²) in [5, 5.41) is 56.0. The van der Waals surface area contributed by atoms with E-state index in [9.17, 15) is 58.8 Å². The maximum absolute atomic E-state index is 13.6. The third-order valence-electron chi connectivity index (χ3n) is 15.0. The number of hydrogen-bond acceptors (Lipinski definition) is 17. The maximum atomic E-state index is 13.6. The summed E-state index contributed by atoms with van der Waals surface area (Å²) in [5.41, 5.74) is 3.92. The summed E-state index contributed by atoms with van der Waals surface area (Å²) < 4.78 is 0. The number of aromatic nitrogens is 1. The van der Waals surface area contributed by atoms with E-state index in [-0.39, 0.29) is 123 Å². The van der Waals surface area contributed by atoms with Gasteiger partial charge in [-0.3, -0.25) is 48.6 Å². The van der Waals surface area contributed by atoms with E-state index in [1.54, 1.807) is 43.8 Å². The Morgan fingerprint density at radius 3 is 1.86 bits per heavy atom. The van der Waals surface area contributed by atoms with Gasteiger partial charge >= 0.3 is 45.9 Å². The molecule has 3 fully saturated rings. The van der Waals surface area contributed by atoms with E-state index < -0.39 is 67.4 Å². The van der Waals surface area contributed by atoms with Crippen molar-refractivity contribution < 1.29 is 98.7 Å². The molecule has 3 atom stereocenters. The van der Waals surface area contributed by atoms with Gasteiger partial charge in [-0.25, -0.2) is 0 Å². The molecule has 0 aliphatic carbocycles. The largest absolute Gasteiger partial charge is 3.00 e. The minimum atomic E-state index is -1.31. The Morgan fingerprint density at radius 2 is 1.27 bits per heavy atom. The Morgan fingerprint density at radius 1 is 0.705 bits per heavy atom. The number of carboxylic acid groups (broad SMARTS) is 4. The van der Waals surface area contributed by atoms with Crippen molar-refractivity contribution in [3.8, 4) is 0 Å². The molecule has 5 rings (SSSR count). The minimum Gasteiger partial charge on any atom is -0.549 e. The summed E-state index contributed by atoms with van der Waals surface area (Å²) in [6.07, 6.45) is 13.9. The molecule has 4 amide bonds. The van der Waals surface area contributed by atoms with Crippen molar-refractivity contribution in [3.63, 3.8) is 0 Å². The van der Waals surface area contributed by atoms with Gasteiger partial charge < -0.3 is 61.0 Å². The minimum absolute atomic E-state index is 0. The van der Waals surface area contributed by atoms with Gasteiger partial charge in [-0.2, -0.15) is 0 Å². The van der Waals surface area contributed by atoms with Crippen LogP contribution in [0.25, 0.3) is 0 Å². The molecule has 22 nitrogen and oxygen atoms in total. The van der Waals surface area contributed by atoms with Crippen LogP contribution in [-0.2, 0) is 57.6 Å². The van der Waals surface area contributed by atoms with Crippen LogP contribution in [-0.4, -0.2) is 199 Å². The average molecular weight is 1230 g/mol. The Balaban J connectivity index is 0.0000131. The second kappa shape index (κ2) is 35.8. The molecule has 1 radical (unpaired) electrons. The zero-order valence-electron chi connectivity index (χ0n) is 45.2. The monoisotopic (exact) mass is 1230 g/mol. The van der Waals surface area contributed by atoms with Gasteiger partial charge in [-0.1, -0.05) is 43.2 Å². The molecule has 431 valence electrons. The first-order valence-electron chi connectivity index (χ1n) is 27.6. The Labute approximate surface area is 490 Å². The van der Waals surface area contributed by atoms with E-state index in [4.69, 9.17) is 0 Å². The molecular formula is C55H81GdN10O12. The van der Waals surface area contributed by atoms with Crippen molar-refractivity contribution in [2.75, 3.05) is 111 Å². The van der Waals surface area contributed by atoms with Gasteiger partial charge in [0.25, 0.3) is 0 Å². The topological polar surface area (TPSA) is 303 Å². The molecule has 3 saturated heterocycles. The fourth-order valence-corrected chi connectivity index (χ4v) is 10.3. The summed E-state index contributed by atoms with van der Waals surface area (Å²) in [5.74, 6) is -5.74. The third kappa shape index (κ3) is 25.1. The number of likely N-dealkylation sites (tertiary alicyclic amines) is 1. The number of hydrogen-bond donors (Lipinski definition) is 5. The number of rotatable bonds is 28. The summed E-state index contributed by atoms with van der Waals surface area (Å²) in [6, 6.07) is 8.89. The molecule has 1 aromatic heterocycles. The number of carbonyl (C=O) groups is 8. The number of unbranched alkanes of at least 4 members (excludes halogenated alkanes) is 3. The van der Waals surface area contributed by atoms with Crippen LogP contribution in [0.5, 0.6) is 0 Å². The number of nitrogens with zero attached hydrogens (tertiary/aromatic N) is 6. The molecule has 3 aliphatic rings. The third-order valence-corrected chi connectivity index (χ3v) is 15.0. The normalized spacial score (nSPS) is 18.5. The van der Waals surface area contributed by atoms with Gasteiger partial charge in [0.05, 0.1) is 48.9 Å². The first-order valence-corrected chi connectivity index (χ1v) is 27.6. The van der Waals surface area contributed by atoms with Gasteiger partial charge in [-0.05, 0) is 112 Å². The fourth-order valence-electron chi connectivity index (χ4n) is 10.3. The van der Waals surface area contributed by atoms with Crippen LogP contribution in [0.2, 0.25) is 0 Å². The summed E-state index contributed by atoms with van der Waals surface area (Å²) in [4.78, 5) is 112. The van der Waals surface area contributed by atoms with Crippen LogP contribution >= 0.6 is 0 Å². The summed E-state index contributed by atoms with van der Waals surface area (Å²) in [6.45, 7) is 5.17. The number of piperidine rings is 2. The molecule has 1 aromatic carbocycles. The molecule has 0 saturated carbocycles. The molecule has 23 heteroatoms. The van der Waals surface area contributed by atoms with Crippen LogP contribution in [0.15, 0.2) is 42.7 Å². The Bertz CT molecular complexity index is 2210. The first kappa shape index (κ1) is 65.8. The van der Waals surface area contributed by atoms with Crippen molar-refractivity contribution in [1.29, 1.82) is 0 Å². The van der Waals surface area contributed by atoms with Crippen molar-refractivity contribution in [3.05, 3.63) is 65.0 Å².